The Hall–Kier alpha value is -2.87. The average Bonchev–Trinajstić information content (AvgIpc) is 3.62. The SMILES string of the molecule is CCN(C(=O)CN(CC1CC1)C1CC1)c1c(N)n(Cc2ccccc2)c(=O)[nH]c1=O. The smallest absolute Gasteiger partial charge is 0.330 e. The van der Waals surface area contributed by atoms with Gasteiger partial charge in [-0.25, -0.2) is 4.79 Å². The quantitative estimate of drug-likeness (QED) is 0.649. The highest BCUT2D eigenvalue weighted by molar-refractivity contribution is 5.96. The van der Waals surface area contributed by atoms with Crippen molar-refractivity contribution in [1.82, 2.24) is 14.5 Å². The molecule has 8 nitrogen and oxygen atoms in total. The number of carbonyl (C=O) groups is 1. The van der Waals surface area contributed by atoms with Crippen LogP contribution in [-0.4, -0.2) is 46.0 Å². The molecule has 160 valence electrons. The third-order valence-corrected chi connectivity index (χ3v) is 5.88. The Kier molecular flexibility index (Phi) is 5.76. The van der Waals surface area contributed by atoms with Crippen LogP contribution in [0.5, 0.6) is 0 Å². The fourth-order valence-electron chi connectivity index (χ4n) is 3.89. The van der Waals surface area contributed by atoms with Crippen molar-refractivity contribution in [3.63, 3.8) is 0 Å². The molecule has 1 aromatic heterocycles. The molecule has 0 spiro atoms. The molecule has 0 radical (unpaired) electrons. The Bertz CT molecular complexity index is 1020. The molecule has 2 aromatic rings. The van der Waals surface area contributed by atoms with E-state index in [1.807, 2.05) is 37.3 Å². The van der Waals surface area contributed by atoms with Crippen molar-refractivity contribution in [2.24, 2.45) is 5.92 Å². The van der Waals surface area contributed by atoms with Gasteiger partial charge in [-0.3, -0.25) is 24.0 Å². The first-order valence-electron chi connectivity index (χ1n) is 10.7. The maximum absolute atomic E-state index is 13.2. The lowest BCUT2D eigenvalue weighted by atomic mass is 10.2. The summed E-state index contributed by atoms with van der Waals surface area (Å²) in [5.41, 5.74) is 6.00. The van der Waals surface area contributed by atoms with Crippen LogP contribution in [-0.2, 0) is 11.3 Å². The van der Waals surface area contributed by atoms with E-state index in [1.54, 1.807) is 0 Å². The van der Waals surface area contributed by atoms with Gasteiger partial charge < -0.3 is 10.6 Å². The van der Waals surface area contributed by atoms with Crippen LogP contribution in [0.25, 0.3) is 0 Å². The summed E-state index contributed by atoms with van der Waals surface area (Å²) in [5, 5.41) is 0. The zero-order valence-electron chi connectivity index (χ0n) is 17.3. The number of nitrogens with two attached hydrogens (primary N) is 1. The number of benzene rings is 1. The molecule has 4 rings (SSSR count). The van der Waals surface area contributed by atoms with Crippen molar-refractivity contribution >= 4 is 17.4 Å². The molecule has 0 bridgehead atoms. The summed E-state index contributed by atoms with van der Waals surface area (Å²) >= 11 is 0. The molecule has 1 amide bonds. The molecular weight excluding hydrogens is 382 g/mol. The van der Waals surface area contributed by atoms with E-state index in [4.69, 9.17) is 5.73 Å². The van der Waals surface area contributed by atoms with E-state index in [0.29, 0.717) is 18.5 Å². The Morgan fingerprint density at radius 3 is 2.47 bits per heavy atom. The molecule has 0 saturated heterocycles. The van der Waals surface area contributed by atoms with Crippen LogP contribution in [0.1, 0.15) is 38.2 Å². The summed E-state index contributed by atoms with van der Waals surface area (Å²) in [6, 6.07) is 9.86. The fourth-order valence-corrected chi connectivity index (χ4v) is 3.89. The first-order valence-corrected chi connectivity index (χ1v) is 10.7. The molecular formula is C22H29N5O3. The van der Waals surface area contributed by atoms with Crippen LogP contribution < -0.4 is 21.9 Å². The van der Waals surface area contributed by atoms with Crippen LogP contribution in [0.2, 0.25) is 0 Å². The number of rotatable bonds is 9. The second kappa shape index (κ2) is 8.47. The summed E-state index contributed by atoms with van der Waals surface area (Å²) in [4.78, 5) is 44.2. The number of aromatic nitrogens is 2. The number of nitrogen functional groups attached to an aromatic ring is 1. The maximum Gasteiger partial charge on any atom is 0.330 e. The third-order valence-electron chi connectivity index (χ3n) is 5.88. The molecule has 8 heteroatoms. The Morgan fingerprint density at radius 2 is 1.87 bits per heavy atom. The first kappa shape index (κ1) is 20.4. The number of hydrogen-bond donors (Lipinski definition) is 2. The molecule has 1 aromatic carbocycles. The predicted octanol–water partition coefficient (Wildman–Crippen LogP) is 1.39. The van der Waals surface area contributed by atoms with E-state index < -0.39 is 11.2 Å². The predicted molar refractivity (Wildman–Crippen MR) is 117 cm³/mol. The van der Waals surface area contributed by atoms with Gasteiger partial charge in [0.15, 0.2) is 5.69 Å². The number of nitrogens with zero attached hydrogens (tertiary/aromatic N) is 3. The van der Waals surface area contributed by atoms with Gasteiger partial charge in [-0.1, -0.05) is 30.3 Å². The Balaban J connectivity index is 1.61. The zero-order valence-corrected chi connectivity index (χ0v) is 17.3. The topological polar surface area (TPSA) is 104 Å². The van der Waals surface area contributed by atoms with Gasteiger partial charge in [-0.2, -0.15) is 0 Å². The summed E-state index contributed by atoms with van der Waals surface area (Å²) in [7, 11) is 0. The Morgan fingerprint density at radius 1 is 1.17 bits per heavy atom. The van der Waals surface area contributed by atoms with E-state index in [2.05, 4.69) is 9.88 Å². The third kappa shape index (κ3) is 4.48. The molecule has 0 aliphatic heterocycles. The standard InChI is InChI=1S/C22H29N5O3/c1-2-26(18(28)14-25(17-10-11-17)12-16-8-9-16)19-20(23)27(22(30)24-21(19)29)13-15-6-4-3-5-7-15/h3-7,16-17H,2,8-14,23H2,1H3,(H,24,29,30). The van der Waals surface area contributed by atoms with Gasteiger partial charge in [0.25, 0.3) is 5.56 Å². The van der Waals surface area contributed by atoms with E-state index >= 15 is 0 Å². The monoisotopic (exact) mass is 411 g/mol. The van der Waals surface area contributed by atoms with Crippen LogP contribution in [0.3, 0.4) is 0 Å². The van der Waals surface area contributed by atoms with E-state index in [-0.39, 0.29) is 30.5 Å². The zero-order chi connectivity index (χ0) is 21.3. The summed E-state index contributed by atoms with van der Waals surface area (Å²) in [5.74, 6) is 0.546. The highest BCUT2D eigenvalue weighted by Gasteiger charge is 2.36. The van der Waals surface area contributed by atoms with E-state index in [1.165, 1.54) is 22.3 Å². The molecule has 2 aliphatic carbocycles. The number of H-pyrrole nitrogens is 1. The molecule has 0 unspecified atom stereocenters. The maximum atomic E-state index is 13.2. The number of amides is 1. The van der Waals surface area contributed by atoms with Crippen LogP contribution in [0, 0.1) is 5.92 Å². The van der Waals surface area contributed by atoms with Gasteiger partial charge >= 0.3 is 5.69 Å². The van der Waals surface area contributed by atoms with Crippen molar-refractivity contribution in [2.75, 3.05) is 30.3 Å². The van der Waals surface area contributed by atoms with Gasteiger partial charge in [0.2, 0.25) is 5.91 Å². The highest BCUT2D eigenvalue weighted by atomic mass is 16.2. The molecule has 2 fully saturated rings. The van der Waals surface area contributed by atoms with E-state index in [0.717, 1.165) is 24.9 Å². The molecule has 1 heterocycles. The van der Waals surface area contributed by atoms with Gasteiger partial charge in [-0.05, 0) is 44.1 Å². The summed E-state index contributed by atoms with van der Waals surface area (Å²) < 4.78 is 1.31. The molecule has 2 aliphatic rings. The minimum Gasteiger partial charge on any atom is -0.383 e. The number of aromatic amines is 1. The number of carbonyl (C=O) groups excluding carboxylic acids is 1. The lowest BCUT2D eigenvalue weighted by molar-refractivity contribution is -0.119. The van der Waals surface area contributed by atoms with E-state index in [9.17, 15) is 14.4 Å². The normalized spacial score (nSPS) is 16.1. The lowest BCUT2D eigenvalue weighted by Gasteiger charge is -2.27. The van der Waals surface area contributed by atoms with Crippen LogP contribution in [0.4, 0.5) is 11.5 Å². The average molecular weight is 412 g/mol. The molecule has 30 heavy (non-hydrogen) atoms. The number of anilines is 2. The molecule has 2 saturated carbocycles. The molecule has 3 N–H and O–H groups in total. The number of nitrogens with one attached hydrogen (secondary N) is 1. The largest absolute Gasteiger partial charge is 0.383 e. The summed E-state index contributed by atoms with van der Waals surface area (Å²) in [6.45, 7) is 3.54. The second-order valence-corrected chi connectivity index (χ2v) is 8.31. The van der Waals surface area contributed by atoms with Crippen LogP contribution in [0.15, 0.2) is 39.9 Å². The van der Waals surface area contributed by atoms with Crippen molar-refractivity contribution in [3.05, 3.63) is 56.7 Å². The van der Waals surface area contributed by atoms with Crippen molar-refractivity contribution in [3.8, 4) is 0 Å². The van der Waals surface area contributed by atoms with Crippen molar-refractivity contribution in [1.29, 1.82) is 0 Å². The highest BCUT2D eigenvalue weighted by Crippen LogP contribution is 2.34. The minimum atomic E-state index is -0.628. The summed E-state index contributed by atoms with van der Waals surface area (Å²) in [6.07, 6.45) is 4.70. The van der Waals surface area contributed by atoms with Gasteiger partial charge in [0, 0.05) is 19.1 Å². The van der Waals surface area contributed by atoms with Crippen LogP contribution >= 0.6 is 0 Å². The number of likely N-dealkylation sites (N-methyl/N-ethyl adjacent to an activating group) is 1. The number of hydrogen-bond acceptors (Lipinski definition) is 5. The van der Waals surface area contributed by atoms with Gasteiger partial charge in [0.1, 0.15) is 5.82 Å². The van der Waals surface area contributed by atoms with Gasteiger partial charge in [-0.15, -0.1) is 0 Å². The van der Waals surface area contributed by atoms with Crippen molar-refractivity contribution < 1.29 is 4.79 Å². The molecule has 0 atom stereocenters. The van der Waals surface area contributed by atoms with Gasteiger partial charge in [0.05, 0.1) is 13.1 Å². The van der Waals surface area contributed by atoms with Crippen molar-refractivity contribution in [2.45, 2.75) is 45.2 Å². The fraction of sp³-hybridized carbons (Fsp3) is 0.500. The second-order valence-electron chi connectivity index (χ2n) is 8.31. The Labute approximate surface area is 175 Å². The first-order chi connectivity index (χ1) is 14.5. The minimum absolute atomic E-state index is 0.0166. The lowest BCUT2D eigenvalue weighted by Crippen LogP contribution is -2.46.